The highest BCUT2D eigenvalue weighted by Gasteiger charge is 2.33. The Kier molecular flexibility index (Phi) is 4.43. The van der Waals surface area contributed by atoms with Crippen LogP contribution in [-0.4, -0.2) is 65.7 Å². The zero-order valence-corrected chi connectivity index (χ0v) is 14.2. The van der Waals surface area contributed by atoms with Crippen LogP contribution in [0.4, 0.5) is 0 Å². The summed E-state index contributed by atoms with van der Waals surface area (Å²) < 4.78 is 8.44. The Hall–Kier alpha value is -0.780. The highest BCUT2D eigenvalue weighted by molar-refractivity contribution is 8.11. The van der Waals surface area contributed by atoms with Gasteiger partial charge in [0.1, 0.15) is 12.4 Å². The molecule has 0 amide bonds. The van der Waals surface area contributed by atoms with Gasteiger partial charge in [-0.05, 0) is 32.6 Å². The molecule has 5 heteroatoms. The first-order valence-electron chi connectivity index (χ1n) is 7.84. The van der Waals surface area contributed by atoms with Crippen LogP contribution in [0.5, 0.6) is 0 Å². The Morgan fingerprint density at radius 2 is 2.19 bits per heavy atom. The van der Waals surface area contributed by atoms with E-state index in [0.29, 0.717) is 18.1 Å². The number of nitrogens with zero attached hydrogens (tertiary/aromatic N) is 2. The molecule has 3 aliphatic rings. The van der Waals surface area contributed by atoms with Crippen molar-refractivity contribution in [3.8, 4) is 0 Å². The third-order valence-corrected chi connectivity index (χ3v) is 5.81. The molecule has 0 aromatic carbocycles. The van der Waals surface area contributed by atoms with Gasteiger partial charge in [0.25, 0.3) is 0 Å². The molecular weight excluding hydrogens is 282 g/mol. The number of hydrogen-bond acceptors (Lipinski definition) is 4. The van der Waals surface area contributed by atoms with E-state index < -0.39 is 0 Å². The van der Waals surface area contributed by atoms with Crippen LogP contribution in [0.15, 0.2) is 23.6 Å². The smallest absolute Gasteiger partial charge is 0.140 e. The number of ether oxygens (including phenoxy) is 1. The minimum atomic E-state index is -0.00281. The molecule has 4 nitrogen and oxygen atoms in total. The zero-order valence-electron chi connectivity index (χ0n) is 13.3. The number of nitrogens with one attached hydrogen (secondary N) is 1. The van der Waals surface area contributed by atoms with Crippen LogP contribution >= 0.6 is 10.7 Å². The number of rotatable bonds is 2. The summed E-state index contributed by atoms with van der Waals surface area (Å²) in [7, 11) is -0.00281. The van der Waals surface area contributed by atoms with Crippen LogP contribution in [0, 0.1) is 0 Å². The standard InChI is InChI=1S/C16H27N3OS/c1-12-10-17-7-8-18(12)14-5-6-15-16(9-14)20-11-13(2)19(15)21(3)4/h6,9,12-14,17H,3,5,7-8,10-11H2,1-2,4H3. The molecule has 0 aromatic heterocycles. The second-order valence-electron chi connectivity index (χ2n) is 6.30. The zero-order chi connectivity index (χ0) is 15.0. The molecule has 1 N–H and O–H groups in total. The molecule has 0 saturated carbocycles. The van der Waals surface area contributed by atoms with Crippen molar-refractivity contribution in [3.05, 3.63) is 23.6 Å². The highest BCUT2D eigenvalue weighted by Crippen LogP contribution is 2.37. The maximum absolute atomic E-state index is 6.02. The van der Waals surface area contributed by atoms with E-state index >= 15 is 0 Å². The van der Waals surface area contributed by atoms with Crippen molar-refractivity contribution in [1.82, 2.24) is 14.5 Å². The van der Waals surface area contributed by atoms with Crippen LogP contribution in [-0.2, 0) is 4.74 Å². The predicted octanol–water partition coefficient (Wildman–Crippen LogP) is 1.79. The van der Waals surface area contributed by atoms with Gasteiger partial charge in [-0.3, -0.25) is 4.90 Å². The monoisotopic (exact) mass is 309 g/mol. The molecule has 4 unspecified atom stereocenters. The minimum absolute atomic E-state index is 0.00281. The van der Waals surface area contributed by atoms with Gasteiger partial charge in [0.15, 0.2) is 0 Å². The summed E-state index contributed by atoms with van der Waals surface area (Å²) in [6.45, 7) is 8.57. The Bertz CT molecular complexity index is 488. The number of morpholine rings is 1. The average Bonchev–Trinajstić information content (AvgIpc) is 2.47. The summed E-state index contributed by atoms with van der Waals surface area (Å²) >= 11 is 0. The summed E-state index contributed by atoms with van der Waals surface area (Å²) in [4.78, 5) is 2.60. The fraction of sp³-hybridized carbons (Fsp3) is 0.688. The van der Waals surface area contributed by atoms with Crippen molar-refractivity contribution >= 4 is 16.5 Å². The Morgan fingerprint density at radius 1 is 1.38 bits per heavy atom. The first-order valence-corrected chi connectivity index (χ1v) is 9.60. The van der Waals surface area contributed by atoms with E-state index in [4.69, 9.17) is 4.74 Å². The van der Waals surface area contributed by atoms with Crippen LogP contribution in [0.1, 0.15) is 20.3 Å². The summed E-state index contributed by atoms with van der Waals surface area (Å²) in [5.74, 6) is 5.30. The molecule has 118 valence electrons. The van der Waals surface area contributed by atoms with Gasteiger partial charge >= 0.3 is 0 Å². The number of fused-ring (bicyclic) bond motifs is 1. The van der Waals surface area contributed by atoms with Crippen LogP contribution in [0.3, 0.4) is 0 Å². The normalized spacial score (nSPS) is 35.4. The van der Waals surface area contributed by atoms with Gasteiger partial charge in [0.05, 0.1) is 11.7 Å². The van der Waals surface area contributed by atoms with E-state index in [1.54, 1.807) is 0 Å². The molecule has 4 atom stereocenters. The number of piperazine rings is 1. The summed E-state index contributed by atoms with van der Waals surface area (Å²) in [5, 5.41) is 3.46. The van der Waals surface area contributed by atoms with Crippen molar-refractivity contribution in [3.63, 3.8) is 0 Å². The van der Waals surface area contributed by atoms with Gasteiger partial charge in [0.2, 0.25) is 0 Å². The lowest BCUT2D eigenvalue weighted by Crippen LogP contribution is -2.54. The van der Waals surface area contributed by atoms with Crippen molar-refractivity contribution in [2.24, 2.45) is 0 Å². The molecule has 0 aromatic rings. The van der Waals surface area contributed by atoms with Crippen molar-refractivity contribution in [1.29, 1.82) is 0 Å². The first-order chi connectivity index (χ1) is 10.1. The molecule has 0 radical (unpaired) electrons. The molecule has 21 heavy (non-hydrogen) atoms. The lowest BCUT2D eigenvalue weighted by Gasteiger charge is -2.44. The van der Waals surface area contributed by atoms with Crippen molar-refractivity contribution in [2.75, 3.05) is 32.5 Å². The summed E-state index contributed by atoms with van der Waals surface area (Å²) in [5.41, 5.74) is 1.26. The van der Waals surface area contributed by atoms with Gasteiger partial charge in [-0.2, -0.15) is 0 Å². The molecule has 2 fully saturated rings. The third-order valence-electron chi connectivity index (χ3n) is 4.58. The van der Waals surface area contributed by atoms with E-state index in [-0.39, 0.29) is 10.7 Å². The highest BCUT2D eigenvalue weighted by atomic mass is 32.2. The number of hydrogen-bond donors (Lipinski definition) is 1. The molecule has 2 aliphatic heterocycles. The molecule has 3 rings (SSSR count). The van der Waals surface area contributed by atoms with Gasteiger partial charge in [0, 0.05) is 31.7 Å². The Morgan fingerprint density at radius 3 is 2.90 bits per heavy atom. The molecule has 0 bridgehead atoms. The van der Waals surface area contributed by atoms with Crippen LogP contribution in [0.2, 0.25) is 0 Å². The van der Waals surface area contributed by atoms with E-state index in [1.165, 1.54) is 5.70 Å². The fourth-order valence-corrected chi connectivity index (χ4v) is 4.73. The molecule has 2 saturated heterocycles. The van der Waals surface area contributed by atoms with Crippen molar-refractivity contribution in [2.45, 2.75) is 38.4 Å². The van der Waals surface area contributed by atoms with Gasteiger partial charge in [-0.1, -0.05) is 11.9 Å². The SMILES string of the molecule is C=S(C)N1C2=CCC(N3CCNCC3C)C=C2OCC1C. The molecular formula is C16H27N3OS. The summed E-state index contributed by atoms with van der Waals surface area (Å²) in [6.07, 6.45) is 7.96. The van der Waals surface area contributed by atoms with Gasteiger partial charge in [-0.25, -0.2) is 0 Å². The maximum atomic E-state index is 6.02. The van der Waals surface area contributed by atoms with Crippen LogP contribution in [0.25, 0.3) is 0 Å². The topological polar surface area (TPSA) is 27.7 Å². The van der Waals surface area contributed by atoms with Gasteiger partial charge in [-0.15, -0.1) is 10.7 Å². The third kappa shape index (κ3) is 2.91. The maximum Gasteiger partial charge on any atom is 0.140 e. The minimum Gasteiger partial charge on any atom is -0.489 e. The van der Waals surface area contributed by atoms with Crippen LogP contribution < -0.4 is 5.32 Å². The Balaban J connectivity index is 1.80. The van der Waals surface area contributed by atoms with E-state index in [2.05, 4.69) is 52.6 Å². The predicted molar refractivity (Wildman–Crippen MR) is 91.5 cm³/mol. The summed E-state index contributed by atoms with van der Waals surface area (Å²) in [6, 6.07) is 1.47. The lowest BCUT2D eigenvalue weighted by atomic mass is 10.00. The quantitative estimate of drug-likeness (QED) is 0.787. The Labute approximate surface area is 130 Å². The van der Waals surface area contributed by atoms with E-state index in [9.17, 15) is 0 Å². The van der Waals surface area contributed by atoms with E-state index in [1.807, 2.05) is 0 Å². The fourth-order valence-electron chi connectivity index (χ4n) is 3.55. The molecule has 1 aliphatic carbocycles. The van der Waals surface area contributed by atoms with E-state index in [0.717, 1.165) is 38.4 Å². The second kappa shape index (κ2) is 6.15. The molecule has 2 heterocycles. The van der Waals surface area contributed by atoms with Gasteiger partial charge < -0.3 is 14.4 Å². The molecule has 0 spiro atoms. The largest absolute Gasteiger partial charge is 0.489 e. The van der Waals surface area contributed by atoms with Crippen molar-refractivity contribution < 1.29 is 4.74 Å². The first kappa shape index (κ1) is 15.1. The second-order valence-corrected chi connectivity index (χ2v) is 7.89. The lowest BCUT2D eigenvalue weighted by molar-refractivity contribution is 0.107. The average molecular weight is 309 g/mol.